The number of nitrogens with one attached hydrogen (secondary N) is 2. The summed E-state index contributed by atoms with van der Waals surface area (Å²) in [6.07, 6.45) is 1.54. The van der Waals surface area contributed by atoms with E-state index in [0.717, 1.165) is 0 Å². The van der Waals surface area contributed by atoms with E-state index in [4.69, 9.17) is 17.1 Å². The minimum atomic E-state index is -0.351. The molecule has 0 fully saturated rings. The lowest BCUT2D eigenvalue weighted by Crippen LogP contribution is -2.24. The first kappa shape index (κ1) is 11.7. The van der Waals surface area contributed by atoms with E-state index >= 15 is 0 Å². The maximum Gasteiger partial charge on any atom is 0.279 e. The van der Waals surface area contributed by atoms with E-state index in [9.17, 15) is 4.79 Å². The zero-order chi connectivity index (χ0) is 11.4. The molecule has 0 saturated heterocycles. The number of H-pyrrole nitrogens is 1. The van der Waals surface area contributed by atoms with Gasteiger partial charge in [-0.1, -0.05) is 18.3 Å². The molecule has 15 heavy (non-hydrogen) atoms. The summed E-state index contributed by atoms with van der Waals surface area (Å²) in [6.45, 7) is 5.50. The van der Waals surface area contributed by atoms with Crippen molar-refractivity contribution in [2.24, 2.45) is 7.05 Å². The smallest absolute Gasteiger partial charge is 0.279 e. The third-order valence-corrected chi connectivity index (χ3v) is 2.30. The van der Waals surface area contributed by atoms with Gasteiger partial charge in [-0.3, -0.25) is 14.3 Å². The first-order valence-corrected chi connectivity index (χ1v) is 4.77. The molecule has 1 heterocycles. The molecule has 2 N–H and O–H groups in total. The van der Waals surface area contributed by atoms with Crippen LogP contribution in [0.4, 0.5) is 0 Å². The van der Waals surface area contributed by atoms with Gasteiger partial charge in [-0.25, -0.2) is 5.48 Å². The highest BCUT2D eigenvalue weighted by Gasteiger charge is 2.14. The number of hydrogen-bond acceptors (Lipinski definition) is 3. The van der Waals surface area contributed by atoms with E-state index in [2.05, 4.69) is 17.2 Å². The molecule has 6 heteroatoms. The summed E-state index contributed by atoms with van der Waals surface area (Å²) in [5, 5.41) is 2.92. The fraction of sp³-hybridized carbons (Fsp3) is 0.333. The van der Waals surface area contributed by atoms with Crippen molar-refractivity contribution in [3.05, 3.63) is 28.6 Å². The summed E-state index contributed by atoms with van der Waals surface area (Å²) < 4.78 is 2.06. The fourth-order valence-electron chi connectivity index (χ4n) is 1.17. The maximum absolute atomic E-state index is 11.6. The summed E-state index contributed by atoms with van der Waals surface area (Å²) >= 11 is 5.06. The Balaban J connectivity index is 2.82. The number of carbonyl (C=O) groups excluding carboxylic acids is 1. The Morgan fingerprint density at radius 3 is 2.93 bits per heavy atom. The Kier molecular flexibility index (Phi) is 3.81. The Morgan fingerprint density at radius 1 is 1.80 bits per heavy atom. The van der Waals surface area contributed by atoms with Crippen LogP contribution in [0.3, 0.4) is 0 Å². The van der Waals surface area contributed by atoms with Gasteiger partial charge in [0, 0.05) is 12.7 Å². The molecule has 0 aliphatic rings. The van der Waals surface area contributed by atoms with Crippen LogP contribution in [-0.2, 0) is 11.9 Å². The molecule has 0 atom stereocenters. The zero-order valence-electron chi connectivity index (χ0n) is 8.66. The second-order valence-electron chi connectivity index (χ2n) is 3.01. The minimum Gasteiger partial charge on any atom is -0.301 e. The highest BCUT2D eigenvalue weighted by atomic mass is 32.1. The first-order valence-electron chi connectivity index (χ1n) is 4.36. The number of hydroxylamine groups is 1. The zero-order valence-corrected chi connectivity index (χ0v) is 9.48. The number of aryl methyl sites for hydroxylation is 2. The Hall–Kier alpha value is -1.40. The van der Waals surface area contributed by atoms with Crippen molar-refractivity contribution in [1.29, 1.82) is 0 Å². The molecular weight excluding hydrogens is 214 g/mol. The summed E-state index contributed by atoms with van der Waals surface area (Å²) in [7, 11) is 1.75. The quantitative estimate of drug-likeness (QED) is 0.352. The van der Waals surface area contributed by atoms with E-state index in [0.29, 0.717) is 15.9 Å². The van der Waals surface area contributed by atoms with Gasteiger partial charge in [-0.15, -0.1) is 6.58 Å². The molecule has 1 aromatic heterocycles. The normalized spacial score (nSPS) is 10.0. The summed E-state index contributed by atoms with van der Waals surface area (Å²) in [5.41, 5.74) is 3.42. The Labute approximate surface area is 92.7 Å². The predicted molar refractivity (Wildman–Crippen MR) is 58.9 cm³/mol. The third kappa shape index (κ3) is 2.54. The second-order valence-corrected chi connectivity index (χ2v) is 3.39. The molecule has 0 spiro atoms. The average molecular weight is 227 g/mol. The molecule has 0 radical (unpaired) electrons. The van der Waals surface area contributed by atoms with E-state index < -0.39 is 0 Å². The third-order valence-electron chi connectivity index (χ3n) is 1.82. The lowest BCUT2D eigenvalue weighted by atomic mass is 10.2. The first-order chi connectivity index (χ1) is 7.07. The second kappa shape index (κ2) is 4.90. The van der Waals surface area contributed by atoms with Crippen LogP contribution in [0, 0.1) is 11.6 Å². The Bertz CT molecular complexity index is 433. The van der Waals surface area contributed by atoms with Gasteiger partial charge in [0.2, 0.25) is 0 Å². The predicted octanol–water partition coefficient (Wildman–Crippen LogP) is 1.24. The molecule has 1 rings (SSSR count). The largest absolute Gasteiger partial charge is 0.301 e. The van der Waals surface area contributed by atoms with E-state index in [-0.39, 0.29) is 12.5 Å². The molecule has 0 aromatic carbocycles. The minimum absolute atomic E-state index is 0.258. The van der Waals surface area contributed by atoms with Crippen LogP contribution in [0.5, 0.6) is 0 Å². The van der Waals surface area contributed by atoms with Crippen molar-refractivity contribution in [3.63, 3.8) is 0 Å². The van der Waals surface area contributed by atoms with Crippen molar-refractivity contribution >= 4 is 18.1 Å². The SMILES string of the molecule is C=CCONC(=O)c1c(C)[nH]n(C)c1=S. The van der Waals surface area contributed by atoms with Crippen LogP contribution >= 0.6 is 12.2 Å². The molecule has 0 aliphatic carbocycles. The van der Waals surface area contributed by atoms with E-state index in [1.54, 1.807) is 24.7 Å². The molecule has 82 valence electrons. The highest BCUT2D eigenvalue weighted by Crippen LogP contribution is 2.07. The lowest BCUT2D eigenvalue weighted by Gasteiger charge is -2.01. The number of carbonyl (C=O) groups is 1. The van der Waals surface area contributed by atoms with Crippen LogP contribution in [0.25, 0.3) is 0 Å². The summed E-state index contributed by atoms with van der Waals surface area (Å²) in [6, 6.07) is 0. The van der Waals surface area contributed by atoms with Crippen LogP contribution < -0.4 is 5.48 Å². The monoisotopic (exact) mass is 227 g/mol. The van der Waals surface area contributed by atoms with Crippen LogP contribution in [0.15, 0.2) is 12.7 Å². The lowest BCUT2D eigenvalue weighted by molar-refractivity contribution is 0.0420. The number of hydrogen-bond donors (Lipinski definition) is 2. The number of rotatable bonds is 4. The average Bonchev–Trinajstić information content (AvgIpc) is 2.41. The molecule has 0 bridgehead atoms. The van der Waals surface area contributed by atoms with Gasteiger partial charge in [0.05, 0.1) is 12.2 Å². The molecule has 1 amide bonds. The number of nitrogens with zero attached hydrogens (tertiary/aromatic N) is 1. The topological polar surface area (TPSA) is 59.0 Å². The van der Waals surface area contributed by atoms with Crippen molar-refractivity contribution < 1.29 is 9.63 Å². The molecule has 0 saturated carbocycles. The molecule has 0 aliphatic heterocycles. The van der Waals surface area contributed by atoms with Crippen molar-refractivity contribution in [1.82, 2.24) is 15.3 Å². The summed E-state index contributed by atoms with van der Waals surface area (Å²) in [4.78, 5) is 16.4. The van der Waals surface area contributed by atoms with Gasteiger partial charge in [-0.2, -0.15) is 0 Å². The molecule has 5 nitrogen and oxygen atoms in total. The van der Waals surface area contributed by atoms with Crippen molar-refractivity contribution in [3.8, 4) is 0 Å². The van der Waals surface area contributed by atoms with Crippen molar-refractivity contribution in [2.45, 2.75) is 6.92 Å². The molecule has 1 aromatic rings. The number of aromatic amines is 1. The van der Waals surface area contributed by atoms with Gasteiger partial charge < -0.3 is 5.10 Å². The van der Waals surface area contributed by atoms with Gasteiger partial charge in [-0.05, 0) is 6.92 Å². The number of aromatic nitrogens is 2. The van der Waals surface area contributed by atoms with Crippen LogP contribution in [0.1, 0.15) is 16.1 Å². The fourth-order valence-corrected chi connectivity index (χ4v) is 1.46. The van der Waals surface area contributed by atoms with Gasteiger partial charge >= 0.3 is 0 Å². The van der Waals surface area contributed by atoms with Gasteiger partial charge in [0.25, 0.3) is 5.91 Å². The van der Waals surface area contributed by atoms with Crippen LogP contribution in [-0.4, -0.2) is 22.3 Å². The standard InChI is InChI=1S/C9H13N3O2S/c1-4-5-14-11-8(13)7-6(2)10-12(3)9(7)15/h4,10H,1,5H2,2-3H3,(H,11,13). The highest BCUT2D eigenvalue weighted by molar-refractivity contribution is 7.71. The van der Waals surface area contributed by atoms with Gasteiger partial charge in [0.1, 0.15) is 4.64 Å². The summed E-state index contributed by atoms with van der Waals surface area (Å²) in [5.74, 6) is -0.351. The van der Waals surface area contributed by atoms with Crippen molar-refractivity contribution in [2.75, 3.05) is 6.61 Å². The van der Waals surface area contributed by atoms with E-state index in [1.807, 2.05) is 0 Å². The molecular formula is C9H13N3O2S. The number of amides is 1. The van der Waals surface area contributed by atoms with E-state index in [1.165, 1.54) is 0 Å². The Morgan fingerprint density at radius 2 is 2.47 bits per heavy atom. The van der Waals surface area contributed by atoms with Gasteiger partial charge in [0.15, 0.2) is 0 Å². The maximum atomic E-state index is 11.6. The molecule has 0 unspecified atom stereocenters. The van der Waals surface area contributed by atoms with Crippen LogP contribution in [0.2, 0.25) is 0 Å².